The van der Waals surface area contributed by atoms with Gasteiger partial charge in [0.2, 0.25) is 5.91 Å². The van der Waals surface area contributed by atoms with Crippen molar-refractivity contribution in [2.24, 2.45) is 23.4 Å². The molecule has 2 aromatic rings. The number of aryl methyl sites for hydroxylation is 1. The van der Waals surface area contributed by atoms with Gasteiger partial charge in [0.1, 0.15) is 5.92 Å². The molecule has 0 saturated heterocycles. The number of hydrogen-bond acceptors (Lipinski definition) is 7. The summed E-state index contributed by atoms with van der Waals surface area (Å²) < 4.78 is 5.06. The van der Waals surface area contributed by atoms with Gasteiger partial charge in [-0.2, -0.15) is 0 Å². The zero-order valence-electron chi connectivity index (χ0n) is 21.4. The third-order valence-electron chi connectivity index (χ3n) is 5.28. The molecule has 2 rings (SSSR count). The van der Waals surface area contributed by atoms with E-state index in [9.17, 15) is 14.4 Å². The number of rotatable bonds is 12. The Hall–Kier alpha value is -3.85. The highest BCUT2D eigenvalue weighted by molar-refractivity contribution is 6.04. The summed E-state index contributed by atoms with van der Waals surface area (Å²) in [4.78, 5) is 37.1. The first kappa shape index (κ1) is 28.4. The van der Waals surface area contributed by atoms with Crippen molar-refractivity contribution in [3.8, 4) is 0 Å². The Balaban J connectivity index is 1.89. The van der Waals surface area contributed by atoms with E-state index in [2.05, 4.69) is 10.6 Å². The number of nitrogens with zero attached hydrogens (tertiary/aromatic N) is 1. The van der Waals surface area contributed by atoms with Gasteiger partial charge in [0.15, 0.2) is 0 Å². The van der Waals surface area contributed by atoms with E-state index in [0.717, 1.165) is 11.1 Å². The Labute approximate surface area is 212 Å². The van der Waals surface area contributed by atoms with Crippen molar-refractivity contribution in [3.05, 3.63) is 77.1 Å². The lowest BCUT2D eigenvalue weighted by molar-refractivity contribution is -0.151. The van der Waals surface area contributed by atoms with Gasteiger partial charge >= 0.3 is 5.97 Å². The van der Waals surface area contributed by atoms with Crippen molar-refractivity contribution in [1.29, 1.82) is 0 Å². The standard InChI is InChI=1S/C27H37N5O4/c1-5-36-27(35)24(14-18(2)3)26(34)31-23-12-8-20(9-13-23)16-32(29)17-22(28)15-30-25(33)21-10-6-19(4)7-11-21/h6-13,17-18,24H,5,14-16,28-29H2,1-4H3,(H,30,33)(H,31,34)/b22-17-. The first-order valence-corrected chi connectivity index (χ1v) is 12.0. The van der Waals surface area contributed by atoms with E-state index < -0.39 is 17.8 Å². The van der Waals surface area contributed by atoms with E-state index in [0.29, 0.717) is 29.9 Å². The Morgan fingerprint density at radius 1 is 1.06 bits per heavy atom. The molecule has 0 aliphatic carbocycles. The molecule has 194 valence electrons. The number of amides is 2. The van der Waals surface area contributed by atoms with Crippen LogP contribution in [0, 0.1) is 18.8 Å². The van der Waals surface area contributed by atoms with Crippen LogP contribution < -0.4 is 22.2 Å². The third kappa shape index (κ3) is 9.42. The molecule has 0 aliphatic heterocycles. The van der Waals surface area contributed by atoms with E-state index in [-0.39, 0.29) is 25.0 Å². The van der Waals surface area contributed by atoms with Crippen LogP contribution in [0.25, 0.3) is 0 Å². The fourth-order valence-electron chi connectivity index (χ4n) is 3.45. The van der Waals surface area contributed by atoms with Crippen molar-refractivity contribution >= 4 is 23.5 Å². The average Bonchev–Trinajstić information content (AvgIpc) is 2.82. The molecular formula is C27H37N5O4. The molecule has 0 heterocycles. The second kappa shape index (κ2) is 13.9. The van der Waals surface area contributed by atoms with Crippen LogP contribution in [0.2, 0.25) is 0 Å². The number of hydrogen-bond donors (Lipinski definition) is 4. The van der Waals surface area contributed by atoms with E-state index >= 15 is 0 Å². The Kier molecular flexibility index (Phi) is 11.0. The van der Waals surface area contributed by atoms with E-state index in [1.807, 2.05) is 45.0 Å². The van der Waals surface area contributed by atoms with Crippen molar-refractivity contribution < 1.29 is 19.1 Å². The molecule has 2 amide bonds. The molecule has 0 bridgehead atoms. The monoisotopic (exact) mass is 495 g/mol. The van der Waals surface area contributed by atoms with E-state index in [4.69, 9.17) is 16.3 Å². The Morgan fingerprint density at radius 3 is 2.28 bits per heavy atom. The number of ether oxygens (including phenoxy) is 1. The number of benzene rings is 2. The molecule has 0 aliphatic rings. The molecule has 1 unspecified atom stereocenters. The van der Waals surface area contributed by atoms with Crippen LogP contribution in [0.15, 0.2) is 60.4 Å². The Bertz CT molecular complexity index is 1050. The van der Waals surface area contributed by atoms with Gasteiger partial charge in [-0.3, -0.25) is 14.4 Å². The fourth-order valence-corrected chi connectivity index (χ4v) is 3.45. The van der Waals surface area contributed by atoms with Crippen LogP contribution in [0.1, 0.15) is 48.7 Å². The van der Waals surface area contributed by atoms with Crippen LogP contribution in [0.4, 0.5) is 5.69 Å². The van der Waals surface area contributed by atoms with Gasteiger partial charge < -0.3 is 26.1 Å². The highest BCUT2D eigenvalue weighted by Crippen LogP contribution is 2.18. The number of carbonyl (C=O) groups excluding carboxylic acids is 3. The zero-order chi connectivity index (χ0) is 26.7. The fraction of sp³-hybridized carbons (Fsp3) is 0.370. The summed E-state index contributed by atoms with van der Waals surface area (Å²) in [5.41, 5.74) is 9.49. The maximum atomic E-state index is 12.7. The van der Waals surface area contributed by atoms with Gasteiger partial charge in [0, 0.05) is 23.1 Å². The topological polar surface area (TPSA) is 140 Å². The number of esters is 1. The second-order valence-corrected chi connectivity index (χ2v) is 9.05. The molecule has 0 fully saturated rings. The zero-order valence-corrected chi connectivity index (χ0v) is 21.4. The number of nitrogens with one attached hydrogen (secondary N) is 2. The minimum absolute atomic E-state index is 0.156. The normalized spacial score (nSPS) is 12.1. The molecule has 2 aromatic carbocycles. The van der Waals surface area contributed by atoms with Crippen LogP contribution in [-0.2, 0) is 20.9 Å². The largest absolute Gasteiger partial charge is 0.465 e. The molecule has 6 N–H and O–H groups in total. The predicted octanol–water partition coefficient (Wildman–Crippen LogP) is 3.06. The molecule has 0 saturated carbocycles. The maximum Gasteiger partial charge on any atom is 0.318 e. The van der Waals surface area contributed by atoms with Gasteiger partial charge in [0.05, 0.1) is 19.7 Å². The second-order valence-electron chi connectivity index (χ2n) is 9.05. The van der Waals surface area contributed by atoms with E-state index in [1.165, 1.54) is 5.01 Å². The van der Waals surface area contributed by atoms with Crippen molar-refractivity contribution in [1.82, 2.24) is 10.3 Å². The molecule has 0 aromatic heterocycles. The summed E-state index contributed by atoms with van der Waals surface area (Å²) in [6, 6.07) is 14.4. The first-order chi connectivity index (χ1) is 17.1. The van der Waals surface area contributed by atoms with Crippen molar-refractivity contribution in [2.75, 3.05) is 18.5 Å². The number of anilines is 1. The van der Waals surface area contributed by atoms with Crippen LogP contribution in [-0.4, -0.2) is 35.9 Å². The van der Waals surface area contributed by atoms with Crippen LogP contribution >= 0.6 is 0 Å². The molecule has 9 heteroatoms. The van der Waals surface area contributed by atoms with Crippen molar-refractivity contribution in [2.45, 2.75) is 40.7 Å². The van der Waals surface area contributed by atoms with E-state index in [1.54, 1.807) is 37.4 Å². The summed E-state index contributed by atoms with van der Waals surface area (Å²) in [5, 5.41) is 6.97. The van der Waals surface area contributed by atoms with Crippen LogP contribution in [0.5, 0.6) is 0 Å². The lowest BCUT2D eigenvalue weighted by Gasteiger charge is -2.18. The minimum atomic E-state index is -0.858. The van der Waals surface area contributed by atoms with Gasteiger partial charge in [-0.15, -0.1) is 0 Å². The average molecular weight is 496 g/mol. The van der Waals surface area contributed by atoms with Gasteiger partial charge in [0.25, 0.3) is 5.91 Å². The highest BCUT2D eigenvalue weighted by Gasteiger charge is 2.28. The number of nitrogens with two attached hydrogens (primary N) is 2. The smallest absolute Gasteiger partial charge is 0.318 e. The predicted molar refractivity (Wildman–Crippen MR) is 140 cm³/mol. The first-order valence-electron chi connectivity index (χ1n) is 12.0. The molecule has 1 atom stereocenters. The summed E-state index contributed by atoms with van der Waals surface area (Å²) in [7, 11) is 0. The summed E-state index contributed by atoms with van der Waals surface area (Å²) in [6.45, 7) is 8.31. The minimum Gasteiger partial charge on any atom is -0.465 e. The van der Waals surface area contributed by atoms with Gasteiger partial charge in [-0.05, 0) is 56.0 Å². The highest BCUT2D eigenvalue weighted by atomic mass is 16.5. The molecule has 36 heavy (non-hydrogen) atoms. The summed E-state index contributed by atoms with van der Waals surface area (Å²) >= 11 is 0. The number of hydrazine groups is 1. The number of carbonyl (C=O) groups is 3. The SMILES string of the molecule is CCOC(=O)C(CC(C)C)C(=O)Nc1ccc(CN(N)/C=C(\N)CNC(=O)c2ccc(C)cc2)cc1. The third-order valence-corrected chi connectivity index (χ3v) is 5.28. The molecule has 9 nitrogen and oxygen atoms in total. The maximum absolute atomic E-state index is 12.7. The van der Waals surface area contributed by atoms with Crippen LogP contribution in [0.3, 0.4) is 0 Å². The summed E-state index contributed by atoms with van der Waals surface area (Å²) in [6.07, 6.45) is 1.96. The summed E-state index contributed by atoms with van der Waals surface area (Å²) in [5.74, 6) is 4.24. The van der Waals surface area contributed by atoms with Gasteiger partial charge in [-0.1, -0.05) is 43.7 Å². The van der Waals surface area contributed by atoms with Crippen molar-refractivity contribution in [3.63, 3.8) is 0 Å². The van der Waals surface area contributed by atoms with Gasteiger partial charge in [-0.25, -0.2) is 5.84 Å². The lowest BCUT2D eigenvalue weighted by atomic mass is 9.96. The quantitative estimate of drug-likeness (QED) is 0.154. The lowest BCUT2D eigenvalue weighted by Crippen LogP contribution is -2.32. The Morgan fingerprint density at radius 2 is 1.69 bits per heavy atom. The molecular weight excluding hydrogens is 458 g/mol. The molecule has 0 spiro atoms. The molecule has 0 radical (unpaired) electrons.